The molecule has 2 rings (SSSR count). The minimum atomic E-state index is -0.661. The minimum absolute atomic E-state index is 0.345. The highest BCUT2D eigenvalue weighted by Gasteiger charge is 2.22. The molecular formula is C20H24FN3O2. The van der Waals surface area contributed by atoms with Crippen molar-refractivity contribution in [2.75, 3.05) is 7.05 Å². The van der Waals surface area contributed by atoms with Gasteiger partial charge in [0.15, 0.2) is 0 Å². The van der Waals surface area contributed by atoms with E-state index in [2.05, 4.69) is 22.9 Å². The van der Waals surface area contributed by atoms with Crippen LogP contribution in [0.3, 0.4) is 0 Å². The van der Waals surface area contributed by atoms with Crippen molar-refractivity contribution in [3.63, 3.8) is 0 Å². The molecule has 3 N–H and O–H groups in total. The highest BCUT2D eigenvalue weighted by molar-refractivity contribution is 5.96. The fourth-order valence-corrected chi connectivity index (χ4v) is 2.63. The van der Waals surface area contributed by atoms with Gasteiger partial charge >= 0.3 is 6.03 Å². The van der Waals surface area contributed by atoms with Crippen LogP contribution in [0.25, 0.3) is 0 Å². The van der Waals surface area contributed by atoms with Crippen molar-refractivity contribution < 1.29 is 14.0 Å². The lowest BCUT2D eigenvalue weighted by atomic mass is 9.96. The lowest BCUT2D eigenvalue weighted by Gasteiger charge is -2.24. The lowest BCUT2D eigenvalue weighted by Crippen LogP contribution is -2.48. The second-order valence-electron chi connectivity index (χ2n) is 6.04. The maximum Gasteiger partial charge on any atom is 0.321 e. The monoisotopic (exact) mass is 357 g/mol. The van der Waals surface area contributed by atoms with E-state index in [0.717, 1.165) is 12.0 Å². The van der Waals surface area contributed by atoms with Crippen molar-refractivity contribution >= 4 is 11.9 Å². The summed E-state index contributed by atoms with van der Waals surface area (Å²) in [5, 5.41) is 7.77. The summed E-state index contributed by atoms with van der Waals surface area (Å²) < 4.78 is 13.7. The van der Waals surface area contributed by atoms with Gasteiger partial charge in [0.1, 0.15) is 5.82 Å². The Morgan fingerprint density at radius 1 is 1.08 bits per heavy atom. The predicted octanol–water partition coefficient (Wildman–Crippen LogP) is 2.91. The van der Waals surface area contributed by atoms with Crippen molar-refractivity contribution in [2.24, 2.45) is 0 Å². The standard InChI is InChI=1S/C20H24FN3O2/c1-4-14-8-10-15(11-9-14)18(16-6-5-7-17(21)12-16)23-13(2)19(25)24-20(26)22-3/h5-13,18,23H,4H2,1-3H3,(H2,22,24,25,26)/t13-,18+/m1/s1. The Balaban J connectivity index is 2.28. The number of halogens is 1. The minimum Gasteiger partial charge on any atom is -0.341 e. The zero-order valence-electron chi connectivity index (χ0n) is 15.2. The van der Waals surface area contributed by atoms with Gasteiger partial charge in [-0.05, 0) is 42.2 Å². The molecule has 0 heterocycles. The van der Waals surface area contributed by atoms with E-state index in [-0.39, 0.29) is 11.9 Å². The summed E-state index contributed by atoms with van der Waals surface area (Å²) in [6, 6.07) is 12.6. The maximum absolute atomic E-state index is 13.7. The molecule has 0 aliphatic heterocycles. The third-order valence-corrected chi connectivity index (χ3v) is 4.18. The molecule has 26 heavy (non-hydrogen) atoms. The summed E-state index contributed by atoms with van der Waals surface area (Å²) in [6.45, 7) is 3.73. The van der Waals surface area contributed by atoms with Crippen molar-refractivity contribution in [3.8, 4) is 0 Å². The number of aryl methyl sites for hydroxylation is 1. The number of imide groups is 1. The van der Waals surface area contributed by atoms with Crippen LogP contribution < -0.4 is 16.0 Å². The Bertz CT molecular complexity index is 762. The normalized spacial score (nSPS) is 12.9. The van der Waals surface area contributed by atoms with Crippen molar-refractivity contribution in [1.82, 2.24) is 16.0 Å². The summed E-state index contributed by atoms with van der Waals surface area (Å²) in [4.78, 5) is 23.5. The Hall–Kier alpha value is -2.73. The molecule has 0 spiro atoms. The topological polar surface area (TPSA) is 70.2 Å². The molecule has 0 aliphatic carbocycles. The van der Waals surface area contributed by atoms with E-state index in [9.17, 15) is 14.0 Å². The van der Waals surface area contributed by atoms with Crippen LogP contribution >= 0.6 is 0 Å². The molecule has 2 atom stereocenters. The van der Waals surface area contributed by atoms with E-state index < -0.39 is 18.0 Å². The number of benzene rings is 2. The predicted molar refractivity (Wildman–Crippen MR) is 99.3 cm³/mol. The number of hydrogen-bond acceptors (Lipinski definition) is 3. The van der Waals surface area contributed by atoms with Crippen LogP contribution in [0.5, 0.6) is 0 Å². The van der Waals surface area contributed by atoms with Gasteiger partial charge in [0, 0.05) is 7.05 Å². The second-order valence-corrected chi connectivity index (χ2v) is 6.04. The first-order chi connectivity index (χ1) is 12.4. The Morgan fingerprint density at radius 3 is 2.35 bits per heavy atom. The first-order valence-electron chi connectivity index (χ1n) is 8.57. The third-order valence-electron chi connectivity index (χ3n) is 4.18. The van der Waals surface area contributed by atoms with Crippen LogP contribution in [0.2, 0.25) is 0 Å². The number of nitrogens with one attached hydrogen (secondary N) is 3. The maximum atomic E-state index is 13.7. The molecular weight excluding hydrogens is 333 g/mol. The van der Waals surface area contributed by atoms with Gasteiger partial charge in [-0.3, -0.25) is 15.4 Å². The molecule has 0 radical (unpaired) electrons. The van der Waals surface area contributed by atoms with Crippen LogP contribution in [0.4, 0.5) is 9.18 Å². The zero-order chi connectivity index (χ0) is 19.1. The highest BCUT2D eigenvalue weighted by atomic mass is 19.1. The molecule has 0 saturated heterocycles. The summed E-state index contributed by atoms with van der Waals surface area (Å²) in [7, 11) is 1.44. The average molecular weight is 357 g/mol. The van der Waals surface area contributed by atoms with Gasteiger partial charge in [-0.1, -0.05) is 43.3 Å². The number of urea groups is 1. The van der Waals surface area contributed by atoms with E-state index in [1.165, 1.54) is 24.7 Å². The average Bonchev–Trinajstić information content (AvgIpc) is 2.65. The van der Waals surface area contributed by atoms with Crippen LogP contribution in [-0.2, 0) is 11.2 Å². The van der Waals surface area contributed by atoms with E-state index in [0.29, 0.717) is 5.56 Å². The van der Waals surface area contributed by atoms with Gasteiger partial charge in [0.2, 0.25) is 5.91 Å². The Morgan fingerprint density at radius 2 is 1.77 bits per heavy atom. The van der Waals surface area contributed by atoms with Crippen molar-refractivity contribution in [3.05, 3.63) is 71.0 Å². The molecule has 5 nitrogen and oxygen atoms in total. The molecule has 2 aromatic rings. The van der Waals surface area contributed by atoms with Gasteiger partial charge < -0.3 is 5.32 Å². The molecule has 3 amide bonds. The van der Waals surface area contributed by atoms with Gasteiger partial charge in [-0.15, -0.1) is 0 Å². The van der Waals surface area contributed by atoms with Crippen molar-refractivity contribution in [1.29, 1.82) is 0 Å². The van der Waals surface area contributed by atoms with E-state index >= 15 is 0 Å². The fraction of sp³-hybridized carbons (Fsp3) is 0.300. The number of amides is 3. The van der Waals surface area contributed by atoms with E-state index in [4.69, 9.17) is 0 Å². The Kier molecular flexibility index (Phi) is 6.86. The SMILES string of the molecule is CCc1ccc([C@H](N[C@H](C)C(=O)NC(=O)NC)c2cccc(F)c2)cc1. The van der Waals surface area contributed by atoms with Crippen LogP contribution in [-0.4, -0.2) is 25.0 Å². The van der Waals surface area contributed by atoms with E-state index in [1.54, 1.807) is 19.1 Å². The fourth-order valence-electron chi connectivity index (χ4n) is 2.63. The number of carbonyl (C=O) groups is 2. The number of hydrogen-bond donors (Lipinski definition) is 3. The first-order valence-corrected chi connectivity index (χ1v) is 8.57. The third kappa shape index (κ3) is 5.13. The van der Waals surface area contributed by atoms with Gasteiger partial charge in [-0.2, -0.15) is 0 Å². The largest absolute Gasteiger partial charge is 0.341 e. The van der Waals surface area contributed by atoms with Gasteiger partial charge in [0.05, 0.1) is 12.1 Å². The molecule has 0 fully saturated rings. The molecule has 0 bridgehead atoms. The second kappa shape index (κ2) is 9.10. The summed E-state index contributed by atoms with van der Waals surface area (Å²) in [5.74, 6) is -0.808. The molecule has 138 valence electrons. The highest BCUT2D eigenvalue weighted by Crippen LogP contribution is 2.24. The smallest absolute Gasteiger partial charge is 0.321 e. The van der Waals surface area contributed by atoms with Crippen LogP contribution in [0.1, 0.15) is 36.6 Å². The number of rotatable bonds is 6. The summed E-state index contributed by atoms with van der Waals surface area (Å²) in [5.41, 5.74) is 2.80. The van der Waals surface area contributed by atoms with Crippen LogP contribution in [0.15, 0.2) is 48.5 Å². The molecule has 0 aliphatic rings. The lowest BCUT2D eigenvalue weighted by molar-refractivity contribution is -0.121. The van der Waals surface area contributed by atoms with Gasteiger partial charge in [0.25, 0.3) is 0 Å². The quantitative estimate of drug-likeness (QED) is 0.744. The molecule has 6 heteroatoms. The molecule has 0 saturated carbocycles. The zero-order valence-corrected chi connectivity index (χ0v) is 15.2. The first kappa shape index (κ1) is 19.6. The summed E-state index contributed by atoms with van der Waals surface area (Å²) >= 11 is 0. The summed E-state index contributed by atoms with van der Waals surface area (Å²) in [6.07, 6.45) is 0.920. The Labute approximate surface area is 153 Å². The van der Waals surface area contributed by atoms with E-state index in [1.807, 2.05) is 24.3 Å². The molecule has 0 aromatic heterocycles. The van der Waals surface area contributed by atoms with Crippen molar-refractivity contribution in [2.45, 2.75) is 32.4 Å². The molecule has 0 unspecified atom stereocenters. The van der Waals surface area contributed by atoms with Gasteiger partial charge in [-0.25, -0.2) is 9.18 Å². The molecule has 2 aromatic carbocycles. The number of carbonyl (C=O) groups excluding carboxylic acids is 2. The van der Waals surface area contributed by atoms with Crippen LogP contribution in [0, 0.1) is 5.82 Å².